The van der Waals surface area contributed by atoms with Gasteiger partial charge in [0, 0.05) is 31.6 Å². The molecule has 0 spiro atoms. The van der Waals surface area contributed by atoms with Crippen molar-refractivity contribution in [2.24, 2.45) is 0 Å². The third-order valence-corrected chi connectivity index (χ3v) is 6.11. The van der Waals surface area contributed by atoms with Gasteiger partial charge in [0.2, 0.25) is 5.91 Å². The van der Waals surface area contributed by atoms with Crippen LogP contribution in [0.15, 0.2) is 58.5 Å². The standard InChI is InChI=1S/C22H25N3O2S/c1-2-18(17-7-4-3-5-8-17)22(26)25-12-10-24(11-13-25)15-21-23-19(16-28-21)20-9-6-14-27-20/h3-9,14,16,18H,2,10-13,15H2,1H3/t18-/m1/s1. The SMILES string of the molecule is CC[C@@H](C(=O)N1CCN(Cc2nc(-c3ccco3)cs2)CC1)c1ccccc1. The maximum Gasteiger partial charge on any atom is 0.230 e. The number of hydrogen-bond donors (Lipinski definition) is 0. The molecule has 3 heterocycles. The van der Waals surface area contributed by atoms with Gasteiger partial charge in [0.1, 0.15) is 10.7 Å². The number of carbonyl (C=O) groups excluding carboxylic acids is 1. The summed E-state index contributed by atoms with van der Waals surface area (Å²) in [5.41, 5.74) is 2.01. The minimum absolute atomic E-state index is 0.0393. The summed E-state index contributed by atoms with van der Waals surface area (Å²) in [7, 11) is 0. The Labute approximate surface area is 169 Å². The van der Waals surface area contributed by atoms with Crippen LogP contribution in [0.25, 0.3) is 11.5 Å². The predicted molar refractivity (Wildman–Crippen MR) is 111 cm³/mol. The molecule has 5 nitrogen and oxygen atoms in total. The molecule has 146 valence electrons. The van der Waals surface area contributed by atoms with Crippen molar-refractivity contribution >= 4 is 17.2 Å². The Kier molecular flexibility index (Phi) is 5.88. The van der Waals surface area contributed by atoms with Crippen molar-refractivity contribution in [3.05, 3.63) is 64.7 Å². The normalized spacial score (nSPS) is 16.2. The molecule has 4 rings (SSSR count). The molecule has 1 saturated heterocycles. The van der Waals surface area contributed by atoms with Crippen LogP contribution in [0.3, 0.4) is 0 Å². The molecule has 1 aliphatic heterocycles. The second-order valence-electron chi connectivity index (χ2n) is 7.08. The van der Waals surface area contributed by atoms with Crippen LogP contribution >= 0.6 is 11.3 Å². The summed E-state index contributed by atoms with van der Waals surface area (Å²) in [6.45, 7) is 6.23. The van der Waals surface area contributed by atoms with E-state index in [0.29, 0.717) is 0 Å². The van der Waals surface area contributed by atoms with Crippen LogP contribution in [0.5, 0.6) is 0 Å². The number of furan rings is 1. The Hall–Kier alpha value is -2.44. The Morgan fingerprint density at radius 1 is 1.14 bits per heavy atom. The lowest BCUT2D eigenvalue weighted by atomic mass is 9.95. The molecule has 1 atom stereocenters. The molecule has 1 amide bonds. The van der Waals surface area contributed by atoms with Crippen molar-refractivity contribution in [2.75, 3.05) is 26.2 Å². The first kappa shape index (κ1) is 18.9. The topological polar surface area (TPSA) is 49.6 Å². The van der Waals surface area contributed by atoms with Gasteiger partial charge >= 0.3 is 0 Å². The monoisotopic (exact) mass is 395 g/mol. The molecule has 0 bridgehead atoms. The smallest absolute Gasteiger partial charge is 0.230 e. The summed E-state index contributed by atoms with van der Waals surface area (Å²) in [6, 6.07) is 13.9. The Morgan fingerprint density at radius 2 is 1.93 bits per heavy atom. The van der Waals surface area contributed by atoms with Gasteiger partial charge < -0.3 is 9.32 Å². The van der Waals surface area contributed by atoms with Crippen LogP contribution in [0, 0.1) is 0 Å². The highest BCUT2D eigenvalue weighted by Gasteiger charge is 2.27. The number of hydrogen-bond acceptors (Lipinski definition) is 5. The molecule has 3 aromatic rings. The van der Waals surface area contributed by atoms with Crippen molar-refractivity contribution in [3.8, 4) is 11.5 Å². The lowest BCUT2D eigenvalue weighted by Gasteiger charge is -2.36. The van der Waals surface area contributed by atoms with E-state index in [1.807, 2.05) is 40.6 Å². The zero-order valence-electron chi connectivity index (χ0n) is 16.1. The van der Waals surface area contributed by atoms with Crippen molar-refractivity contribution in [3.63, 3.8) is 0 Å². The van der Waals surface area contributed by atoms with Crippen LogP contribution in [-0.4, -0.2) is 46.9 Å². The van der Waals surface area contributed by atoms with Crippen molar-refractivity contribution < 1.29 is 9.21 Å². The molecular weight excluding hydrogens is 370 g/mol. The number of aromatic nitrogens is 1. The maximum absolute atomic E-state index is 13.0. The van der Waals surface area contributed by atoms with Gasteiger partial charge in [0.25, 0.3) is 0 Å². The van der Waals surface area contributed by atoms with Crippen molar-refractivity contribution in [1.29, 1.82) is 0 Å². The van der Waals surface area contributed by atoms with E-state index in [1.54, 1.807) is 17.6 Å². The summed E-state index contributed by atoms with van der Waals surface area (Å²) in [5.74, 6) is 1.02. The van der Waals surface area contributed by atoms with Gasteiger partial charge in [0.05, 0.1) is 18.7 Å². The minimum atomic E-state index is -0.0393. The first-order chi connectivity index (χ1) is 13.7. The van der Waals surface area contributed by atoms with E-state index in [-0.39, 0.29) is 11.8 Å². The number of rotatable bonds is 6. The highest BCUT2D eigenvalue weighted by molar-refractivity contribution is 7.09. The fraction of sp³-hybridized carbons (Fsp3) is 0.364. The van der Waals surface area contributed by atoms with Gasteiger partial charge in [-0.15, -0.1) is 11.3 Å². The number of nitrogens with zero attached hydrogens (tertiary/aromatic N) is 3. The Balaban J connectivity index is 1.32. The predicted octanol–water partition coefficient (Wildman–Crippen LogP) is 4.24. The van der Waals surface area contributed by atoms with Crippen LogP contribution in [-0.2, 0) is 11.3 Å². The average Bonchev–Trinajstić information content (AvgIpc) is 3.42. The van der Waals surface area contributed by atoms with Crippen LogP contribution in [0.2, 0.25) is 0 Å². The van der Waals surface area contributed by atoms with Gasteiger partial charge in [-0.3, -0.25) is 9.69 Å². The van der Waals surface area contributed by atoms with E-state index < -0.39 is 0 Å². The van der Waals surface area contributed by atoms with E-state index in [2.05, 4.69) is 28.9 Å². The van der Waals surface area contributed by atoms with Gasteiger partial charge in [-0.1, -0.05) is 37.3 Å². The zero-order chi connectivity index (χ0) is 19.3. The fourth-order valence-corrected chi connectivity index (χ4v) is 4.52. The summed E-state index contributed by atoms with van der Waals surface area (Å²) < 4.78 is 5.42. The zero-order valence-corrected chi connectivity index (χ0v) is 16.9. The first-order valence-corrected chi connectivity index (χ1v) is 10.7. The molecule has 1 aromatic carbocycles. The lowest BCUT2D eigenvalue weighted by molar-refractivity contribution is -0.134. The van der Waals surface area contributed by atoms with Gasteiger partial charge in [-0.2, -0.15) is 0 Å². The summed E-state index contributed by atoms with van der Waals surface area (Å²) in [4.78, 5) is 22.1. The molecule has 1 fully saturated rings. The Bertz CT molecular complexity index is 884. The molecule has 0 aliphatic carbocycles. The lowest BCUT2D eigenvalue weighted by Crippen LogP contribution is -2.49. The van der Waals surface area contributed by atoms with Crippen molar-refractivity contribution in [2.45, 2.75) is 25.8 Å². The summed E-state index contributed by atoms with van der Waals surface area (Å²) in [6.07, 6.45) is 2.50. The third-order valence-electron chi connectivity index (χ3n) is 5.28. The number of thiazole rings is 1. The largest absolute Gasteiger partial charge is 0.463 e. The molecule has 0 unspecified atom stereocenters. The molecule has 28 heavy (non-hydrogen) atoms. The molecule has 6 heteroatoms. The summed E-state index contributed by atoms with van der Waals surface area (Å²) >= 11 is 1.66. The van der Waals surface area contributed by atoms with E-state index >= 15 is 0 Å². The fourth-order valence-electron chi connectivity index (χ4n) is 3.70. The second-order valence-corrected chi connectivity index (χ2v) is 8.02. The number of piperazine rings is 1. The molecular formula is C22H25N3O2S. The van der Waals surface area contributed by atoms with Crippen molar-refractivity contribution in [1.82, 2.24) is 14.8 Å². The highest BCUT2D eigenvalue weighted by atomic mass is 32.1. The highest BCUT2D eigenvalue weighted by Crippen LogP contribution is 2.25. The van der Waals surface area contributed by atoms with Gasteiger partial charge in [-0.25, -0.2) is 4.98 Å². The number of benzene rings is 1. The van der Waals surface area contributed by atoms with Crippen LogP contribution in [0.1, 0.15) is 29.8 Å². The van der Waals surface area contributed by atoms with E-state index in [4.69, 9.17) is 4.42 Å². The molecule has 0 N–H and O–H groups in total. The van der Waals surface area contributed by atoms with Crippen LogP contribution in [0.4, 0.5) is 0 Å². The first-order valence-electron chi connectivity index (χ1n) is 9.79. The molecule has 0 radical (unpaired) electrons. The van der Waals surface area contributed by atoms with E-state index in [9.17, 15) is 4.79 Å². The third kappa shape index (κ3) is 4.18. The number of carbonyl (C=O) groups is 1. The minimum Gasteiger partial charge on any atom is -0.463 e. The molecule has 0 saturated carbocycles. The number of amides is 1. The molecule has 1 aliphatic rings. The Morgan fingerprint density at radius 3 is 2.61 bits per heavy atom. The van der Waals surface area contributed by atoms with Crippen LogP contribution < -0.4 is 0 Å². The van der Waals surface area contributed by atoms with E-state index in [0.717, 1.165) is 61.2 Å². The average molecular weight is 396 g/mol. The second kappa shape index (κ2) is 8.71. The maximum atomic E-state index is 13.0. The van der Waals surface area contributed by atoms with Gasteiger partial charge in [-0.05, 0) is 24.1 Å². The summed E-state index contributed by atoms with van der Waals surface area (Å²) in [5, 5.41) is 3.13. The molecule has 2 aromatic heterocycles. The van der Waals surface area contributed by atoms with Gasteiger partial charge in [0.15, 0.2) is 5.76 Å². The van der Waals surface area contributed by atoms with E-state index in [1.165, 1.54) is 0 Å². The quantitative estimate of drug-likeness (QED) is 0.626.